The number of hydrogen-bond acceptors (Lipinski definition) is 4. The Morgan fingerprint density at radius 1 is 1.17 bits per heavy atom. The average molecular weight is 322 g/mol. The van der Waals surface area contributed by atoms with Crippen molar-refractivity contribution < 1.29 is 19.1 Å². The minimum Gasteiger partial charge on any atom is -0.464 e. The van der Waals surface area contributed by atoms with Crippen LogP contribution in [0.15, 0.2) is 0 Å². The quantitative estimate of drug-likeness (QED) is 0.571. The van der Waals surface area contributed by atoms with Crippen LogP contribution in [0.5, 0.6) is 0 Å². The maximum Gasteiger partial charge on any atom is 0.354 e. The molecular formula is C17H26N2O4. The van der Waals surface area contributed by atoms with Gasteiger partial charge in [-0.05, 0) is 32.8 Å². The predicted octanol–water partition coefficient (Wildman–Crippen LogP) is 2.35. The van der Waals surface area contributed by atoms with Crippen LogP contribution in [-0.4, -0.2) is 47.3 Å². The van der Waals surface area contributed by atoms with E-state index in [1.54, 1.807) is 11.5 Å². The van der Waals surface area contributed by atoms with Gasteiger partial charge in [-0.25, -0.2) is 4.79 Å². The second-order valence-electron chi connectivity index (χ2n) is 5.53. The fourth-order valence-electron chi connectivity index (χ4n) is 2.93. The largest absolute Gasteiger partial charge is 0.464 e. The number of carbonyl (C=O) groups excluding carboxylic acids is 3. The molecule has 0 unspecified atom stereocenters. The number of amides is 1. The van der Waals surface area contributed by atoms with Crippen molar-refractivity contribution in [3.8, 4) is 0 Å². The lowest BCUT2D eigenvalue weighted by molar-refractivity contribution is -0.128. The SMILES string of the molecule is CCCN(CC(=O)c1c(C)c(C(=O)OC)n(CC)c1C)C(C)=O. The second-order valence-corrected chi connectivity index (χ2v) is 5.53. The molecule has 1 aromatic heterocycles. The first-order valence-corrected chi connectivity index (χ1v) is 7.86. The van der Waals surface area contributed by atoms with Crippen LogP contribution in [0, 0.1) is 13.8 Å². The monoisotopic (exact) mass is 322 g/mol. The molecule has 1 heterocycles. The van der Waals surface area contributed by atoms with Crippen LogP contribution in [0.2, 0.25) is 0 Å². The molecule has 0 saturated heterocycles. The summed E-state index contributed by atoms with van der Waals surface area (Å²) >= 11 is 0. The first-order valence-electron chi connectivity index (χ1n) is 7.86. The lowest BCUT2D eigenvalue weighted by Gasteiger charge is -2.19. The van der Waals surface area contributed by atoms with E-state index in [1.807, 2.05) is 20.8 Å². The Morgan fingerprint density at radius 2 is 1.78 bits per heavy atom. The molecule has 23 heavy (non-hydrogen) atoms. The molecule has 0 atom stereocenters. The van der Waals surface area contributed by atoms with Gasteiger partial charge in [-0.2, -0.15) is 0 Å². The number of methoxy groups -OCH3 is 1. The summed E-state index contributed by atoms with van der Waals surface area (Å²) in [4.78, 5) is 37.9. The summed E-state index contributed by atoms with van der Waals surface area (Å²) in [5, 5.41) is 0. The van der Waals surface area contributed by atoms with E-state index in [0.29, 0.717) is 29.9 Å². The molecule has 0 bridgehead atoms. The second kappa shape index (κ2) is 7.94. The summed E-state index contributed by atoms with van der Waals surface area (Å²) in [6.45, 7) is 10.0. The van der Waals surface area contributed by atoms with E-state index in [1.165, 1.54) is 18.9 Å². The average Bonchev–Trinajstić information content (AvgIpc) is 2.76. The third kappa shape index (κ3) is 3.81. The summed E-state index contributed by atoms with van der Waals surface area (Å²) in [5.41, 5.74) is 2.26. The number of aromatic nitrogens is 1. The normalized spacial score (nSPS) is 10.5. The van der Waals surface area contributed by atoms with Crippen LogP contribution in [0.3, 0.4) is 0 Å². The number of nitrogens with zero attached hydrogens (tertiary/aromatic N) is 2. The van der Waals surface area contributed by atoms with Crippen molar-refractivity contribution in [3.05, 3.63) is 22.5 Å². The molecule has 0 N–H and O–H groups in total. The zero-order valence-electron chi connectivity index (χ0n) is 14.9. The fraction of sp³-hybridized carbons (Fsp3) is 0.588. The Kier molecular flexibility index (Phi) is 6.54. The molecule has 0 aromatic carbocycles. The Bertz CT molecular complexity index is 617. The van der Waals surface area contributed by atoms with E-state index in [0.717, 1.165) is 12.1 Å². The molecule has 0 aliphatic rings. The first kappa shape index (κ1) is 18.9. The third-order valence-electron chi connectivity index (χ3n) is 4.01. The molecule has 0 aliphatic carbocycles. The van der Waals surface area contributed by atoms with Crippen LogP contribution in [0.4, 0.5) is 0 Å². The van der Waals surface area contributed by atoms with Crippen LogP contribution in [0.1, 0.15) is 59.3 Å². The molecule has 1 amide bonds. The molecule has 0 aliphatic heterocycles. The van der Waals surface area contributed by atoms with Crippen molar-refractivity contribution >= 4 is 17.7 Å². The van der Waals surface area contributed by atoms with Gasteiger partial charge < -0.3 is 14.2 Å². The van der Waals surface area contributed by atoms with Crippen molar-refractivity contribution in [2.45, 2.75) is 47.6 Å². The highest BCUT2D eigenvalue weighted by Gasteiger charge is 2.27. The summed E-state index contributed by atoms with van der Waals surface area (Å²) in [7, 11) is 1.32. The topological polar surface area (TPSA) is 68.6 Å². The number of hydrogen-bond donors (Lipinski definition) is 0. The fourth-order valence-corrected chi connectivity index (χ4v) is 2.93. The lowest BCUT2D eigenvalue weighted by Crippen LogP contribution is -2.35. The number of carbonyl (C=O) groups is 3. The molecule has 0 spiro atoms. The molecule has 1 aromatic rings. The summed E-state index contributed by atoms with van der Waals surface area (Å²) < 4.78 is 6.61. The summed E-state index contributed by atoms with van der Waals surface area (Å²) in [6, 6.07) is 0. The van der Waals surface area contributed by atoms with Crippen LogP contribution in [-0.2, 0) is 16.1 Å². The summed E-state index contributed by atoms with van der Waals surface area (Å²) in [6.07, 6.45) is 0.786. The maximum absolute atomic E-state index is 12.7. The smallest absolute Gasteiger partial charge is 0.354 e. The zero-order valence-corrected chi connectivity index (χ0v) is 14.9. The number of ketones is 1. The number of rotatable bonds is 7. The van der Waals surface area contributed by atoms with Gasteiger partial charge >= 0.3 is 5.97 Å². The molecule has 0 saturated carbocycles. The minimum atomic E-state index is -0.455. The predicted molar refractivity (Wildman–Crippen MR) is 87.8 cm³/mol. The molecule has 0 radical (unpaired) electrons. The van der Waals surface area contributed by atoms with Gasteiger partial charge in [-0.1, -0.05) is 6.92 Å². The van der Waals surface area contributed by atoms with Gasteiger partial charge in [0, 0.05) is 31.3 Å². The van der Waals surface area contributed by atoms with Crippen molar-refractivity contribution in [2.75, 3.05) is 20.2 Å². The summed E-state index contributed by atoms with van der Waals surface area (Å²) in [5.74, 6) is -0.733. The van der Waals surface area contributed by atoms with Crippen molar-refractivity contribution in [1.82, 2.24) is 9.47 Å². The van der Waals surface area contributed by atoms with Gasteiger partial charge in [-0.15, -0.1) is 0 Å². The molecule has 0 fully saturated rings. The van der Waals surface area contributed by atoms with E-state index in [4.69, 9.17) is 4.74 Å². The van der Waals surface area contributed by atoms with Crippen LogP contribution < -0.4 is 0 Å². The number of esters is 1. The highest BCUT2D eigenvalue weighted by Crippen LogP contribution is 2.24. The van der Waals surface area contributed by atoms with Crippen molar-refractivity contribution in [3.63, 3.8) is 0 Å². The Labute approximate surface area is 137 Å². The van der Waals surface area contributed by atoms with Crippen molar-refractivity contribution in [2.24, 2.45) is 0 Å². The minimum absolute atomic E-state index is 0.0270. The van der Waals surface area contributed by atoms with Gasteiger partial charge in [0.15, 0.2) is 5.78 Å². The Morgan fingerprint density at radius 3 is 2.22 bits per heavy atom. The Balaban J connectivity index is 3.27. The van der Waals surface area contributed by atoms with Gasteiger partial charge in [0.25, 0.3) is 0 Å². The van der Waals surface area contributed by atoms with Crippen molar-refractivity contribution in [1.29, 1.82) is 0 Å². The highest BCUT2D eigenvalue weighted by atomic mass is 16.5. The van der Waals surface area contributed by atoms with E-state index in [9.17, 15) is 14.4 Å². The standard InChI is InChI=1S/C17H26N2O4/c1-7-9-18(13(5)20)10-14(21)15-11(3)16(17(22)23-6)19(8-2)12(15)4/h7-10H2,1-6H3. The van der Waals surface area contributed by atoms with Gasteiger partial charge in [0.2, 0.25) is 5.91 Å². The zero-order chi connectivity index (χ0) is 17.7. The lowest BCUT2D eigenvalue weighted by atomic mass is 10.1. The van der Waals surface area contributed by atoms with Gasteiger partial charge in [0.05, 0.1) is 13.7 Å². The molecule has 1 rings (SSSR count). The van der Waals surface area contributed by atoms with E-state index >= 15 is 0 Å². The van der Waals surface area contributed by atoms with Gasteiger partial charge in [0.1, 0.15) is 5.69 Å². The van der Waals surface area contributed by atoms with E-state index in [-0.39, 0.29) is 18.2 Å². The van der Waals surface area contributed by atoms with Crippen LogP contribution >= 0.6 is 0 Å². The van der Waals surface area contributed by atoms with E-state index in [2.05, 4.69) is 0 Å². The van der Waals surface area contributed by atoms with Crippen LogP contribution in [0.25, 0.3) is 0 Å². The molecule has 6 nitrogen and oxygen atoms in total. The molecule has 6 heteroatoms. The highest BCUT2D eigenvalue weighted by molar-refractivity contribution is 6.04. The Hall–Kier alpha value is -2.11. The molecule has 128 valence electrons. The maximum atomic E-state index is 12.7. The van der Waals surface area contributed by atoms with Gasteiger partial charge in [-0.3, -0.25) is 9.59 Å². The molecular weight excluding hydrogens is 296 g/mol. The number of Topliss-reactive ketones (excluding diaryl/α,β-unsaturated/α-hetero) is 1. The first-order chi connectivity index (χ1) is 10.8. The number of ether oxygens (including phenoxy) is 1. The third-order valence-corrected chi connectivity index (χ3v) is 4.01. The van der Waals surface area contributed by atoms with E-state index < -0.39 is 5.97 Å².